The molecule has 0 unspecified atom stereocenters. The van der Waals surface area contributed by atoms with Crippen LogP contribution in [0.2, 0.25) is 4.34 Å². The van der Waals surface area contributed by atoms with Gasteiger partial charge >= 0.3 is 0 Å². The zero-order valence-corrected chi connectivity index (χ0v) is 16.2. The maximum Gasteiger partial charge on any atom is 0.252 e. The summed E-state index contributed by atoms with van der Waals surface area (Å²) in [4.78, 5) is 15.0. The van der Waals surface area contributed by atoms with Crippen LogP contribution in [0, 0.1) is 0 Å². The molecule has 2 heterocycles. The Balaban J connectivity index is 2.08. The summed E-state index contributed by atoms with van der Waals surface area (Å²) in [5, 5.41) is 1.69. The van der Waals surface area contributed by atoms with Crippen LogP contribution in [0.1, 0.15) is 4.88 Å². The molecule has 0 aliphatic carbocycles. The van der Waals surface area contributed by atoms with Crippen molar-refractivity contribution in [3.05, 3.63) is 51.5 Å². The third kappa shape index (κ3) is 4.67. The van der Waals surface area contributed by atoms with Crippen LogP contribution in [0.3, 0.4) is 0 Å². The summed E-state index contributed by atoms with van der Waals surface area (Å²) >= 11 is 8.42. The number of hydrogen-bond acceptors (Lipinski definition) is 5. The molecule has 0 radical (unpaired) electrons. The molecule has 0 atom stereocenters. The van der Waals surface area contributed by atoms with E-state index in [1.165, 1.54) is 24.5 Å². The largest absolute Gasteiger partial charge is 0.333 e. The Hall–Kier alpha value is -1.19. The zero-order valence-electron chi connectivity index (χ0n) is 13.0. The van der Waals surface area contributed by atoms with E-state index in [9.17, 15) is 13.2 Å². The molecule has 5 nitrogen and oxygen atoms in total. The fourth-order valence-corrected chi connectivity index (χ4v) is 5.40. The highest BCUT2D eigenvalue weighted by atomic mass is 35.5. The molecular formula is C15H17ClN2O3S3. The summed E-state index contributed by atoms with van der Waals surface area (Å²) < 4.78 is 26.7. The van der Waals surface area contributed by atoms with Gasteiger partial charge in [-0.3, -0.25) is 4.79 Å². The van der Waals surface area contributed by atoms with Crippen molar-refractivity contribution in [2.24, 2.45) is 0 Å². The van der Waals surface area contributed by atoms with Gasteiger partial charge in [0.25, 0.3) is 10.0 Å². The smallest absolute Gasteiger partial charge is 0.252 e. The second-order valence-corrected chi connectivity index (χ2v) is 9.98. The molecule has 0 saturated carbocycles. The highest BCUT2D eigenvalue weighted by molar-refractivity contribution is 7.91. The van der Waals surface area contributed by atoms with Crippen LogP contribution < -0.4 is 0 Å². The summed E-state index contributed by atoms with van der Waals surface area (Å²) in [7, 11) is -2.24. The Morgan fingerprint density at radius 2 is 2.12 bits per heavy atom. The number of halogens is 1. The molecule has 0 saturated heterocycles. The summed E-state index contributed by atoms with van der Waals surface area (Å²) in [6.07, 6.45) is 1.61. The summed E-state index contributed by atoms with van der Waals surface area (Å²) in [6, 6.07) is 6.81. The topological polar surface area (TPSA) is 57.7 Å². The molecule has 0 bridgehead atoms. The van der Waals surface area contributed by atoms with E-state index in [0.29, 0.717) is 17.4 Å². The van der Waals surface area contributed by atoms with E-state index in [-0.39, 0.29) is 16.7 Å². The van der Waals surface area contributed by atoms with Gasteiger partial charge in [-0.15, -0.1) is 29.3 Å². The molecule has 9 heteroatoms. The van der Waals surface area contributed by atoms with Crippen molar-refractivity contribution in [2.45, 2.75) is 10.8 Å². The average molecular weight is 405 g/mol. The maximum atomic E-state index is 12.5. The van der Waals surface area contributed by atoms with Crippen molar-refractivity contribution in [3.8, 4) is 0 Å². The molecule has 2 aromatic heterocycles. The zero-order chi connectivity index (χ0) is 17.7. The molecular weight excluding hydrogens is 388 g/mol. The van der Waals surface area contributed by atoms with E-state index >= 15 is 0 Å². The Morgan fingerprint density at radius 1 is 1.38 bits per heavy atom. The first-order chi connectivity index (χ1) is 11.3. The lowest BCUT2D eigenvalue weighted by molar-refractivity contribution is -0.131. The minimum Gasteiger partial charge on any atom is -0.333 e. The van der Waals surface area contributed by atoms with Gasteiger partial charge in [0, 0.05) is 18.5 Å². The van der Waals surface area contributed by atoms with Crippen LogP contribution in [-0.4, -0.2) is 43.7 Å². The molecule has 0 fully saturated rings. The predicted octanol–water partition coefficient (Wildman–Crippen LogP) is 3.30. The van der Waals surface area contributed by atoms with Crippen LogP contribution >= 0.6 is 34.3 Å². The lowest BCUT2D eigenvalue weighted by Gasteiger charge is -2.23. The molecule has 2 aromatic rings. The molecule has 0 aliphatic heterocycles. The van der Waals surface area contributed by atoms with Crippen LogP contribution in [-0.2, 0) is 21.4 Å². The maximum absolute atomic E-state index is 12.5. The van der Waals surface area contributed by atoms with E-state index in [4.69, 9.17) is 11.6 Å². The normalized spacial score (nSPS) is 11.6. The Bertz CT molecular complexity index is 800. The number of carbonyl (C=O) groups excluding carboxylic acids is 1. The Kier molecular flexibility index (Phi) is 6.59. The van der Waals surface area contributed by atoms with Gasteiger partial charge in [0.2, 0.25) is 5.91 Å². The van der Waals surface area contributed by atoms with Crippen LogP contribution in [0.25, 0.3) is 0 Å². The number of sulfonamides is 1. The quantitative estimate of drug-likeness (QED) is 0.634. The molecule has 1 amide bonds. The van der Waals surface area contributed by atoms with Gasteiger partial charge in [0.05, 0.1) is 17.4 Å². The summed E-state index contributed by atoms with van der Waals surface area (Å²) in [5.41, 5.74) is 0. The number of nitrogens with zero attached hydrogens (tertiary/aromatic N) is 2. The second kappa shape index (κ2) is 8.26. The number of thiophene rings is 2. The van der Waals surface area contributed by atoms with E-state index in [0.717, 1.165) is 20.5 Å². The molecule has 24 heavy (non-hydrogen) atoms. The monoisotopic (exact) mass is 404 g/mol. The number of amides is 1. The van der Waals surface area contributed by atoms with Crippen molar-refractivity contribution in [1.82, 2.24) is 9.21 Å². The van der Waals surface area contributed by atoms with E-state index < -0.39 is 10.0 Å². The number of hydrogen-bond donors (Lipinski definition) is 0. The van der Waals surface area contributed by atoms with Crippen LogP contribution in [0.5, 0.6) is 0 Å². The highest BCUT2D eigenvalue weighted by Gasteiger charge is 2.25. The van der Waals surface area contributed by atoms with Crippen molar-refractivity contribution in [3.63, 3.8) is 0 Å². The summed E-state index contributed by atoms with van der Waals surface area (Å²) in [5.74, 6) is -0.290. The molecule has 2 rings (SSSR count). The summed E-state index contributed by atoms with van der Waals surface area (Å²) in [6.45, 7) is 4.13. The lowest BCUT2D eigenvalue weighted by Crippen LogP contribution is -2.40. The van der Waals surface area contributed by atoms with Gasteiger partial charge in [0.15, 0.2) is 0 Å². The number of rotatable bonds is 8. The number of likely N-dealkylation sites (N-methyl/N-ethyl adjacent to an activating group) is 1. The van der Waals surface area contributed by atoms with E-state index in [1.807, 2.05) is 6.07 Å². The third-order valence-electron chi connectivity index (χ3n) is 3.20. The lowest BCUT2D eigenvalue weighted by atomic mass is 10.3. The van der Waals surface area contributed by atoms with E-state index in [2.05, 4.69) is 6.58 Å². The number of carbonyl (C=O) groups is 1. The molecule has 0 spiro atoms. The van der Waals surface area contributed by atoms with Gasteiger partial charge in [-0.2, -0.15) is 4.31 Å². The van der Waals surface area contributed by atoms with Gasteiger partial charge < -0.3 is 4.90 Å². The molecule has 0 aliphatic rings. The van der Waals surface area contributed by atoms with Gasteiger partial charge in [-0.05, 0) is 23.6 Å². The first kappa shape index (κ1) is 19.1. The van der Waals surface area contributed by atoms with E-state index in [1.54, 1.807) is 28.5 Å². The van der Waals surface area contributed by atoms with Crippen LogP contribution in [0.4, 0.5) is 0 Å². The molecule has 0 aromatic carbocycles. The second-order valence-electron chi connectivity index (χ2n) is 4.96. The minimum atomic E-state index is -3.65. The van der Waals surface area contributed by atoms with Gasteiger partial charge in [0.1, 0.15) is 4.21 Å². The van der Waals surface area contributed by atoms with Crippen molar-refractivity contribution >= 4 is 50.2 Å². The third-order valence-corrected chi connectivity index (χ3v) is 7.59. The first-order valence-corrected chi connectivity index (χ1v) is 10.5. The fourth-order valence-electron chi connectivity index (χ4n) is 1.97. The van der Waals surface area contributed by atoms with Crippen molar-refractivity contribution in [2.75, 3.05) is 20.1 Å². The minimum absolute atomic E-state index is 0.220. The fraction of sp³-hybridized carbons (Fsp3) is 0.267. The van der Waals surface area contributed by atoms with Gasteiger partial charge in [-0.25, -0.2) is 8.42 Å². The SMILES string of the molecule is C=CCN(Cc1ccc(Cl)s1)C(=O)CN(C)S(=O)(=O)c1cccs1. The Labute approximate surface area is 154 Å². The van der Waals surface area contributed by atoms with Crippen molar-refractivity contribution < 1.29 is 13.2 Å². The van der Waals surface area contributed by atoms with Crippen LogP contribution in [0.15, 0.2) is 46.5 Å². The first-order valence-electron chi connectivity index (χ1n) is 6.97. The average Bonchev–Trinajstić information content (AvgIpc) is 3.18. The van der Waals surface area contributed by atoms with Gasteiger partial charge in [-0.1, -0.05) is 23.7 Å². The van der Waals surface area contributed by atoms with Crippen molar-refractivity contribution in [1.29, 1.82) is 0 Å². The Morgan fingerprint density at radius 3 is 2.67 bits per heavy atom. The standard InChI is InChI=1S/C15H17ClN2O3S3/c1-3-8-18(10-12-6-7-13(16)23-12)14(19)11-17(2)24(20,21)15-5-4-9-22-15/h3-7,9H,1,8,10-11H2,2H3. The predicted molar refractivity (Wildman–Crippen MR) is 99.1 cm³/mol. The highest BCUT2D eigenvalue weighted by Crippen LogP contribution is 2.23. The molecule has 0 N–H and O–H groups in total. The molecule has 130 valence electrons.